The van der Waals surface area contributed by atoms with Gasteiger partial charge in [-0.3, -0.25) is 4.68 Å². The molecule has 2 aromatic rings. The lowest BCUT2D eigenvalue weighted by atomic mass is 9.95. The van der Waals surface area contributed by atoms with E-state index in [1.54, 1.807) is 12.1 Å². The predicted octanol–water partition coefficient (Wildman–Crippen LogP) is 4.45. The molecule has 2 rings (SSSR count). The summed E-state index contributed by atoms with van der Waals surface area (Å²) in [5, 5.41) is 4.48. The highest BCUT2D eigenvalue weighted by Crippen LogP contribution is 2.29. The number of hydrogen-bond donors (Lipinski definition) is 0. The molecule has 0 radical (unpaired) electrons. The van der Waals surface area contributed by atoms with Crippen LogP contribution in [-0.2, 0) is 19.9 Å². The van der Waals surface area contributed by atoms with Gasteiger partial charge in [-0.15, -0.1) is 11.6 Å². The molecule has 1 heterocycles. The molecule has 1 atom stereocenters. The Morgan fingerprint density at radius 2 is 2.20 bits per heavy atom. The Balaban J connectivity index is 2.29. The van der Waals surface area contributed by atoms with Gasteiger partial charge < -0.3 is 0 Å². The zero-order chi connectivity index (χ0) is 14.7. The van der Waals surface area contributed by atoms with E-state index in [4.69, 9.17) is 11.6 Å². The van der Waals surface area contributed by atoms with Crippen LogP contribution in [0.2, 0.25) is 0 Å². The van der Waals surface area contributed by atoms with E-state index in [1.165, 1.54) is 6.07 Å². The minimum Gasteiger partial charge on any atom is -0.271 e. The van der Waals surface area contributed by atoms with Crippen molar-refractivity contribution in [1.29, 1.82) is 0 Å². The van der Waals surface area contributed by atoms with E-state index in [0.29, 0.717) is 5.88 Å². The number of hydrogen-bond acceptors (Lipinski definition) is 1. The van der Waals surface area contributed by atoms with Crippen LogP contribution >= 0.6 is 27.5 Å². The van der Waals surface area contributed by atoms with Gasteiger partial charge in [-0.25, -0.2) is 4.39 Å². The van der Waals surface area contributed by atoms with E-state index in [-0.39, 0.29) is 11.7 Å². The zero-order valence-electron chi connectivity index (χ0n) is 11.5. The monoisotopic (exact) mass is 358 g/mol. The molecule has 20 heavy (non-hydrogen) atoms. The van der Waals surface area contributed by atoms with Crippen molar-refractivity contribution in [3.63, 3.8) is 0 Å². The lowest BCUT2D eigenvalue weighted by Crippen LogP contribution is -2.09. The summed E-state index contributed by atoms with van der Waals surface area (Å²) in [4.78, 5) is 0. The second kappa shape index (κ2) is 6.72. The Bertz CT molecular complexity index is 598. The van der Waals surface area contributed by atoms with Crippen LogP contribution < -0.4 is 0 Å². The molecule has 1 unspecified atom stereocenters. The molecule has 0 amide bonds. The molecule has 5 heteroatoms. The average Bonchev–Trinajstić information content (AvgIpc) is 2.71. The largest absolute Gasteiger partial charge is 0.271 e. The number of halogens is 3. The summed E-state index contributed by atoms with van der Waals surface area (Å²) in [5.41, 5.74) is 3.05. The van der Waals surface area contributed by atoms with Gasteiger partial charge in [-0.1, -0.05) is 19.1 Å². The maximum Gasteiger partial charge on any atom is 0.123 e. The van der Waals surface area contributed by atoms with Crippen LogP contribution in [0.25, 0.3) is 0 Å². The first kappa shape index (κ1) is 15.5. The number of alkyl halides is 1. The summed E-state index contributed by atoms with van der Waals surface area (Å²) in [6.07, 6.45) is 1.61. The normalized spacial score (nSPS) is 12.7. The minimum atomic E-state index is -0.226. The van der Waals surface area contributed by atoms with Crippen LogP contribution in [-0.4, -0.2) is 15.7 Å². The van der Waals surface area contributed by atoms with Crippen molar-refractivity contribution in [3.8, 4) is 0 Å². The summed E-state index contributed by atoms with van der Waals surface area (Å²) >= 11 is 9.69. The highest BCUT2D eigenvalue weighted by atomic mass is 79.9. The number of nitrogens with zero attached hydrogens (tertiary/aromatic N) is 2. The zero-order valence-corrected chi connectivity index (χ0v) is 13.9. The Morgan fingerprint density at radius 1 is 1.45 bits per heavy atom. The molecule has 0 fully saturated rings. The fourth-order valence-electron chi connectivity index (χ4n) is 2.30. The fourth-order valence-corrected chi connectivity index (χ4v) is 3.36. The van der Waals surface area contributed by atoms with Gasteiger partial charge in [0, 0.05) is 18.8 Å². The molecule has 0 bridgehead atoms. The Kier molecular flexibility index (Phi) is 5.22. The molecule has 108 valence electrons. The maximum atomic E-state index is 13.3. The van der Waals surface area contributed by atoms with Crippen molar-refractivity contribution in [2.24, 2.45) is 7.05 Å². The number of benzene rings is 1. The summed E-state index contributed by atoms with van der Waals surface area (Å²) < 4.78 is 16.3. The first-order valence-electron chi connectivity index (χ1n) is 6.58. The highest BCUT2D eigenvalue weighted by molar-refractivity contribution is 9.10. The van der Waals surface area contributed by atoms with Crippen molar-refractivity contribution >= 4 is 27.5 Å². The molecular weight excluding hydrogens is 343 g/mol. The van der Waals surface area contributed by atoms with Gasteiger partial charge in [-0.2, -0.15) is 5.10 Å². The molecule has 0 aliphatic carbocycles. The second-order valence-electron chi connectivity index (χ2n) is 4.79. The molecule has 0 spiro atoms. The minimum absolute atomic E-state index is 0.0729. The predicted molar refractivity (Wildman–Crippen MR) is 83.9 cm³/mol. The SMILES string of the molecule is CCc1nn(C)c(CC(CCl)c2cccc(F)c2)c1Br. The van der Waals surface area contributed by atoms with Crippen LogP contribution in [0.4, 0.5) is 4.39 Å². The topological polar surface area (TPSA) is 17.8 Å². The third-order valence-corrected chi connectivity index (χ3v) is 4.74. The maximum absolute atomic E-state index is 13.3. The molecule has 0 aliphatic rings. The molecule has 1 aromatic carbocycles. The molecular formula is C15H17BrClFN2. The molecule has 0 aliphatic heterocycles. The quantitative estimate of drug-likeness (QED) is 0.721. The summed E-state index contributed by atoms with van der Waals surface area (Å²) in [5.74, 6) is 0.294. The molecule has 2 nitrogen and oxygen atoms in total. The number of aromatic nitrogens is 2. The highest BCUT2D eigenvalue weighted by Gasteiger charge is 2.19. The molecule has 1 aromatic heterocycles. The number of rotatable bonds is 5. The van der Waals surface area contributed by atoms with E-state index in [1.807, 2.05) is 17.8 Å². The Labute approximate surface area is 132 Å². The first-order valence-corrected chi connectivity index (χ1v) is 7.91. The van der Waals surface area contributed by atoms with Crippen molar-refractivity contribution in [2.75, 3.05) is 5.88 Å². The average molecular weight is 360 g/mol. The van der Waals surface area contributed by atoms with E-state index < -0.39 is 0 Å². The van der Waals surface area contributed by atoms with Crippen molar-refractivity contribution in [1.82, 2.24) is 9.78 Å². The van der Waals surface area contributed by atoms with Gasteiger partial charge in [-0.05, 0) is 46.5 Å². The third kappa shape index (κ3) is 3.23. The summed E-state index contributed by atoms with van der Waals surface area (Å²) in [7, 11) is 1.93. The number of aryl methyl sites for hydroxylation is 2. The van der Waals surface area contributed by atoms with Crippen LogP contribution in [0, 0.1) is 5.82 Å². The molecule has 0 N–H and O–H groups in total. The van der Waals surface area contributed by atoms with Gasteiger partial charge in [0.2, 0.25) is 0 Å². The van der Waals surface area contributed by atoms with E-state index in [2.05, 4.69) is 28.0 Å². The second-order valence-corrected chi connectivity index (χ2v) is 5.90. The van der Waals surface area contributed by atoms with E-state index >= 15 is 0 Å². The van der Waals surface area contributed by atoms with E-state index in [0.717, 1.165) is 34.3 Å². The smallest absolute Gasteiger partial charge is 0.123 e. The van der Waals surface area contributed by atoms with Crippen LogP contribution in [0.3, 0.4) is 0 Å². The lowest BCUT2D eigenvalue weighted by molar-refractivity contribution is 0.616. The van der Waals surface area contributed by atoms with Gasteiger partial charge in [0.05, 0.1) is 15.9 Å². The van der Waals surface area contributed by atoms with Crippen molar-refractivity contribution in [3.05, 3.63) is 51.5 Å². The first-order chi connectivity index (χ1) is 9.56. The van der Waals surface area contributed by atoms with Crippen molar-refractivity contribution in [2.45, 2.75) is 25.7 Å². The fraction of sp³-hybridized carbons (Fsp3) is 0.400. The van der Waals surface area contributed by atoms with Gasteiger partial charge in [0.25, 0.3) is 0 Å². The van der Waals surface area contributed by atoms with Crippen LogP contribution in [0.1, 0.15) is 29.8 Å². The standard InChI is InChI=1S/C15H17BrClFN2/c1-3-13-15(16)14(20(2)19-13)8-11(9-17)10-5-4-6-12(18)7-10/h4-7,11H,3,8-9H2,1-2H3. The van der Waals surface area contributed by atoms with E-state index in [9.17, 15) is 4.39 Å². The van der Waals surface area contributed by atoms with Gasteiger partial charge in [0.1, 0.15) is 5.82 Å². The molecule has 0 saturated heterocycles. The van der Waals surface area contributed by atoms with Crippen LogP contribution in [0.15, 0.2) is 28.7 Å². The third-order valence-electron chi connectivity index (χ3n) is 3.45. The Hall–Kier alpha value is -0.870. The van der Waals surface area contributed by atoms with Crippen LogP contribution in [0.5, 0.6) is 0 Å². The van der Waals surface area contributed by atoms with Crippen molar-refractivity contribution < 1.29 is 4.39 Å². The van der Waals surface area contributed by atoms with Gasteiger partial charge in [0.15, 0.2) is 0 Å². The molecule has 0 saturated carbocycles. The summed E-state index contributed by atoms with van der Waals surface area (Å²) in [6, 6.07) is 6.64. The lowest BCUT2D eigenvalue weighted by Gasteiger charge is -2.15. The van der Waals surface area contributed by atoms with Gasteiger partial charge >= 0.3 is 0 Å². The summed E-state index contributed by atoms with van der Waals surface area (Å²) in [6.45, 7) is 2.07. The Morgan fingerprint density at radius 3 is 2.75 bits per heavy atom.